The van der Waals surface area contributed by atoms with Crippen LogP contribution in [0.3, 0.4) is 0 Å². The Hall–Kier alpha value is -1.70. The normalized spacial score (nSPS) is 10.2. The summed E-state index contributed by atoms with van der Waals surface area (Å²) >= 11 is 0. The summed E-state index contributed by atoms with van der Waals surface area (Å²) in [7, 11) is 0. The highest BCUT2D eigenvalue weighted by Crippen LogP contribution is 2.12. The molecule has 0 aliphatic carbocycles. The Bertz CT molecular complexity index is 437. The fraction of sp³-hybridized carbons (Fsp3) is 0.0909. The molecule has 2 rings (SSSR count). The first-order chi connectivity index (χ1) is 6.40. The van der Waals surface area contributed by atoms with Gasteiger partial charge in [0.05, 0.1) is 5.52 Å². The van der Waals surface area contributed by atoms with E-state index in [0.717, 1.165) is 16.5 Å². The van der Waals surface area contributed by atoms with Gasteiger partial charge in [-0.25, -0.2) is 0 Å². The lowest BCUT2D eigenvalue weighted by Gasteiger charge is -1.98. The predicted octanol–water partition coefficient (Wildman–Crippen LogP) is 1.89. The van der Waals surface area contributed by atoms with Crippen molar-refractivity contribution in [3.05, 3.63) is 42.1 Å². The van der Waals surface area contributed by atoms with E-state index in [-0.39, 0.29) is 0 Å². The first-order valence-electron chi connectivity index (χ1n) is 4.09. The lowest BCUT2D eigenvalue weighted by atomic mass is 10.1. The molecule has 2 heteroatoms. The maximum absolute atomic E-state index is 10.2. The maximum Gasteiger partial charge on any atom is 0.203 e. The van der Waals surface area contributed by atoms with Gasteiger partial charge in [-0.15, -0.1) is 0 Å². The second-order valence-electron chi connectivity index (χ2n) is 2.86. The van der Waals surface area contributed by atoms with Crippen molar-refractivity contribution in [1.29, 1.82) is 0 Å². The third-order valence-corrected chi connectivity index (χ3v) is 1.92. The van der Waals surface area contributed by atoms with Crippen LogP contribution in [-0.4, -0.2) is 11.3 Å². The number of para-hydroxylation sites is 1. The van der Waals surface area contributed by atoms with Crippen LogP contribution in [0.2, 0.25) is 0 Å². The molecule has 63 valence electrons. The Morgan fingerprint density at radius 2 is 2.15 bits per heavy atom. The van der Waals surface area contributed by atoms with Gasteiger partial charge in [0.2, 0.25) is 6.29 Å². The van der Waals surface area contributed by atoms with Crippen LogP contribution in [0.15, 0.2) is 36.5 Å². The monoisotopic (exact) mass is 170 g/mol. The Balaban J connectivity index is 2.55. The van der Waals surface area contributed by atoms with Crippen LogP contribution in [0.5, 0.6) is 0 Å². The van der Waals surface area contributed by atoms with Crippen molar-refractivity contribution in [1.82, 2.24) is 4.98 Å². The van der Waals surface area contributed by atoms with Crippen molar-refractivity contribution in [2.45, 2.75) is 6.42 Å². The predicted molar refractivity (Wildman–Crippen MR) is 51.1 cm³/mol. The number of benzene rings is 1. The second kappa shape index (κ2) is 3.35. The molecule has 0 aliphatic heterocycles. The topological polar surface area (TPSA) is 30.0 Å². The van der Waals surface area contributed by atoms with E-state index in [4.69, 9.17) is 0 Å². The van der Waals surface area contributed by atoms with Crippen LogP contribution in [0.4, 0.5) is 0 Å². The minimum atomic E-state index is 0.317. The molecule has 0 amide bonds. The molecule has 1 heterocycles. The van der Waals surface area contributed by atoms with Crippen LogP contribution in [0, 0.1) is 0 Å². The van der Waals surface area contributed by atoms with Gasteiger partial charge in [0.25, 0.3) is 0 Å². The molecule has 2 nitrogen and oxygen atoms in total. The highest BCUT2D eigenvalue weighted by molar-refractivity contribution is 5.79. The zero-order valence-electron chi connectivity index (χ0n) is 7.03. The van der Waals surface area contributed by atoms with E-state index in [9.17, 15) is 4.79 Å². The molecule has 1 aromatic heterocycles. The van der Waals surface area contributed by atoms with Crippen LogP contribution in [-0.2, 0) is 11.2 Å². The van der Waals surface area contributed by atoms with Gasteiger partial charge in [0.15, 0.2) is 0 Å². The van der Waals surface area contributed by atoms with E-state index in [1.807, 2.05) is 36.6 Å². The fourth-order valence-electron chi connectivity index (χ4n) is 1.30. The number of rotatable bonds is 2. The molecule has 0 atom stereocenters. The standard InChI is InChI=1S/C11H8NO/c13-6-5-9-7-10-3-1-2-4-11(10)12-8-9/h1-4,7-8H,5H2. The van der Waals surface area contributed by atoms with E-state index in [0.29, 0.717) is 6.42 Å². The molecule has 0 fully saturated rings. The van der Waals surface area contributed by atoms with Gasteiger partial charge in [0, 0.05) is 18.0 Å². The maximum atomic E-state index is 10.2. The summed E-state index contributed by atoms with van der Waals surface area (Å²) in [4.78, 5) is 14.4. The van der Waals surface area contributed by atoms with Crippen LogP contribution in [0.25, 0.3) is 10.9 Å². The summed E-state index contributed by atoms with van der Waals surface area (Å²) < 4.78 is 0. The van der Waals surface area contributed by atoms with Crippen molar-refractivity contribution in [3.8, 4) is 0 Å². The van der Waals surface area contributed by atoms with Gasteiger partial charge in [-0.1, -0.05) is 18.2 Å². The Kier molecular flexibility index (Phi) is 2.04. The number of hydrogen-bond donors (Lipinski definition) is 0. The molecule has 0 N–H and O–H groups in total. The number of aromatic nitrogens is 1. The summed E-state index contributed by atoms with van der Waals surface area (Å²) in [6.07, 6.45) is 3.89. The third kappa shape index (κ3) is 1.56. The van der Waals surface area contributed by atoms with Crippen molar-refractivity contribution < 1.29 is 4.79 Å². The SMILES string of the molecule is O=[C]Cc1cnc2ccccc2c1. The van der Waals surface area contributed by atoms with E-state index in [1.165, 1.54) is 0 Å². The molecular weight excluding hydrogens is 162 g/mol. The van der Waals surface area contributed by atoms with E-state index in [1.54, 1.807) is 6.20 Å². The molecule has 0 spiro atoms. The molecule has 1 aromatic carbocycles. The molecule has 0 saturated heterocycles. The zero-order valence-corrected chi connectivity index (χ0v) is 7.03. The summed E-state index contributed by atoms with van der Waals surface area (Å²) in [6.45, 7) is 0. The number of fused-ring (bicyclic) bond motifs is 1. The van der Waals surface area contributed by atoms with Crippen molar-refractivity contribution in [2.75, 3.05) is 0 Å². The first-order valence-corrected chi connectivity index (χ1v) is 4.09. The Morgan fingerprint density at radius 1 is 1.31 bits per heavy atom. The average molecular weight is 170 g/mol. The number of carbonyl (C=O) groups excluding carboxylic acids is 1. The number of nitrogens with zero attached hydrogens (tertiary/aromatic N) is 1. The van der Waals surface area contributed by atoms with Gasteiger partial charge in [0.1, 0.15) is 0 Å². The van der Waals surface area contributed by atoms with Crippen molar-refractivity contribution >= 4 is 17.2 Å². The van der Waals surface area contributed by atoms with Gasteiger partial charge in [-0.3, -0.25) is 9.78 Å². The molecule has 0 saturated carbocycles. The molecule has 0 bridgehead atoms. The molecule has 2 aromatic rings. The minimum absolute atomic E-state index is 0.317. The van der Waals surface area contributed by atoms with Gasteiger partial charge in [-0.05, 0) is 17.7 Å². The second-order valence-corrected chi connectivity index (χ2v) is 2.86. The number of hydrogen-bond acceptors (Lipinski definition) is 2. The molecular formula is C11H8NO. The highest BCUT2D eigenvalue weighted by Gasteiger charge is 1.96. The van der Waals surface area contributed by atoms with Crippen LogP contribution < -0.4 is 0 Å². The smallest absolute Gasteiger partial charge is 0.203 e. The number of pyridine rings is 1. The van der Waals surface area contributed by atoms with Crippen LogP contribution in [0.1, 0.15) is 5.56 Å². The third-order valence-electron chi connectivity index (χ3n) is 1.92. The zero-order chi connectivity index (χ0) is 9.10. The van der Waals surface area contributed by atoms with Gasteiger partial charge in [-0.2, -0.15) is 0 Å². The van der Waals surface area contributed by atoms with E-state index in [2.05, 4.69) is 4.98 Å². The first kappa shape index (κ1) is 7.92. The van der Waals surface area contributed by atoms with E-state index >= 15 is 0 Å². The largest absolute Gasteiger partial charge is 0.291 e. The van der Waals surface area contributed by atoms with E-state index < -0.39 is 0 Å². The van der Waals surface area contributed by atoms with Gasteiger partial charge < -0.3 is 0 Å². The Labute approximate surface area is 76.2 Å². The van der Waals surface area contributed by atoms with Gasteiger partial charge >= 0.3 is 0 Å². The summed E-state index contributed by atoms with van der Waals surface area (Å²) in [5.41, 5.74) is 1.87. The highest BCUT2D eigenvalue weighted by atomic mass is 16.1. The lowest BCUT2D eigenvalue weighted by Crippen LogP contribution is -1.87. The van der Waals surface area contributed by atoms with Crippen LogP contribution >= 0.6 is 0 Å². The summed E-state index contributed by atoms with van der Waals surface area (Å²) in [6, 6.07) is 9.80. The summed E-state index contributed by atoms with van der Waals surface area (Å²) in [5.74, 6) is 0. The van der Waals surface area contributed by atoms with Crippen molar-refractivity contribution in [2.24, 2.45) is 0 Å². The quantitative estimate of drug-likeness (QED) is 0.688. The average Bonchev–Trinajstić information content (AvgIpc) is 2.18. The minimum Gasteiger partial charge on any atom is -0.291 e. The van der Waals surface area contributed by atoms with Crippen molar-refractivity contribution in [3.63, 3.8) is 0 Å². The molecule has 1 radical (unpaired) electrons. The molecule has 0 unspecified atom stereocenters. The Morgan fingerprint density at radius 3 is 3.00 bits per heavy atom. The fourth-order valence-corrected chi connectivity index (χ4v) is 1.30. The lowest BCUT2D eigenvalue weighted by molar-refractivity contribution is 0.555. The summed E-state index contributed by atoms with van der Waals surface area (Å²) in [5, 5.41) is 1.07. The molecule has 0 aliphatic rings. The molecule has 13 heavy (non-hydrogen) atoms.